The molecule has 0 aliphatic rings. The summed E-state index contributed by atoms with van der Waals surface area (Å²) in [6.07, 6.45) is 0. The molecular weight excluding hydrogens is 711 g/mol. The minimum Gasteiger partial charge on any atom is -0.455 e. The van der Waals surface area contributed by atoms with Crippen LogP contribution in [0.2, 0.25) is 0 Å². The molecule has 2 nitrogen and oxygen atoms in total. The second-order valence-corrected chi connectivity index (χ2v) is 15.5. The van der Waals surface area contributed by atoms with Gasteiger partial charge in [-0.05, 0) is 93.5 Å². The third kappa shape index (κ3) is 5.88. The van der Waals surface area contributed by atoms with Crippen LogP contribution < -0.4 is 4.90 Å². The summed E-state index contributed by atoms with van der Waals surface area (Å²) >= 11 is 1.84. The van der Waals surface area contributed by atoms with E-state index >= 15 is 0 Å². The van der Waals surface area contributed by atoms with Crippen molar-refractivity contribution in [3.05, 3.63) is 212 Å². The molecule has 0 aliphatic carbocycles. The minimum atomic E-state index is 0.917. The van der Waals surface area contributed by atoms with Crippen LogP contribution in [-0.2, 0) is 0 Å². The molecule has 11 rings (SSSR count). The van der Waals surface area contributed by atoms with E-state index in [1.165, 1.54) is 64.7 Å². The fourth-order valence-corrected chi connectivity index (χ4v) is 9.48. The van der Waals surface area contributed by atoms with Crippen molar-refractivity contribution in [2.24, 2.45) is 0 Å². The molecule has 2 aromatic heterocycles. The molecule has 0 saturated heterocycles. The van der Waals surface area contributed by atoms with Gasteiger partial charge in [0.2, 0.25) is 0 Å². The summed E-state index contributed by atoms with van der Waals surface area (Å²) in [6.45, 7) is 0. The third-order valence-corrected chi connectivity index (χ3v) is 12.3. The molecule has 0 radical (unpaired) electrons. The zero-order valence-electron chi connectivity index (χ0n) is 31.0. The zero-order chi connectivity index (χ0) is 37.7. The number of para-hydroxylation sites is 1. The van der Waals surface area contributed by atoms with Gasteiger partial charge < -0.3 is 9.32 Å². The number of hydrogen-bond acceptors (Lipinski definition) is 3. The molecule has 0 saturated carbocycles. The first-order chi connectivity index (χ1) is 28.2. The van der Waals surface area contributed by atoms with Crippen LogP contribution in [0.4, 0.5) is 17.1 Å². The van der Waals surface area contributed by atoms with Crippen LogP contribution in [0.15, 0.2) is 217 Å². The Labute approximate surface area is 335 Å². The van der Waals surface area contributed by atoms with Crippen LogP contribution in [0.1, 0.15) is 0 Å². The maximum Gasteiger partial charge on any atom is 0.144 e. The summed E-state index contributed by atoms with van der Waals surface area (Å²) in [7, 11) is 0. The number of anilines is 3. The molecular formula is C54H35NOS. The van der Waals surface area contributed by atoms with Gasteiger partial charge in [0.1, 0.15) is 11.2 Å². The van der Waals surface area contributed by atoms with E-state index in [0.717, 1.165) is 39.0 Å². The van der Waals surface area contributed by atoms with E-state index in [4.69, 9.17) is 4.42 Å². The molecule has 11 aromatic rings. The lowest BCUT2D eigenvalue weighted by Crippen LogP contribution is -2.09. The van der Waals surface area contributed by atoms with Crippen LogP contribution in [-0.4, -0.2) is 0 Å². The van der Waals surface area contributed by atoms with Gasteiger partial charge in [-0.3, -0.25) is 0 Å². The standard InChI is InChI=1S/C54H35NOS/c1-3-11-36(12-4-1)38-19-21-39(22-20-38)41-25-31-44(32-26-41)55(43-29-23-40(24-30-43)37-13-5-2-6-14-37)45-33-27-42(28-34-45)48-35-49-46-15-7-9-17-50(46)56-53(49)52-47-16-8-10-18-51(47)57-54(48)52/h1-35H. The Balaban J connectivity index is 1.00. The topological polar surface area (TPSA) is 16.4 Å². The smallest absolute Gasteiger partial charge is 0.144 e. The van der Waals surface area contributed by atoms with E-state index < -0.39 is 0 Å². The van der Waals surface area contributed by atoms with Gasteiger partial charge in [0.25, 0.3) is 0 Å². The Kier molecular flexibility index (Phi) is 8.04. The van der Waals surface area contributed by atoms with Crippen molar-refractivity contribution >= 4 is 70.5 Å². The Morgan fingerprint density at radius 2 is 0.772 bits per heavy atom. The van der Waals surface area contributed by atoms with Gasteiger partial charge in [-0.15, -0.1) is 11.3 Å². The van der Waals surface area contributed by atoms with Crippen LogP contribution in [0.3, 0.4) is 0 Å². The molecule has 9 aromatic carbocycles. The molecule has 0 spiro atoms. The first-order valence-electron chi connectivity index (χ1n) is 19.3. The molecule has 0 aliphatic heterocycles. The maximum absolute atomic E-state index is 6.57. The Hall–Kier alpha value is -7.20. The zero-order valence-corrected chi connectivity index (χ0v) is 31.8. The molecule has 2 heterocycles. The summed E-state index contributed by atoms with van der Waals surface area (Å²) in [5.74, 6) is 0. The molecule has 3 heteroatoms. The summed E-state index contributed by atoms with van der Waals surface area (Å²) in [5, 5.41) is 4.72. The molecule has 57 heavy (non-hydrogen) atoms. The molecule has 0 N–H and O–H groups in total. The van der Waals surface area contributed by atoms with Crippen LogP contribution in [0.5, 0.6) is 0 Å². The minimum absolute atomic E-state index is 0.917. The largest absolute Gasteiger partial charge is 0.455 e. The van der Waals surface area contributed by atoms with Crippen molar-refractivity contribution < 1.29 is 4.42 Å². The average molecular weight is 746 g/mol. The second-order valence-electron chi connectivity index (χ2n) is 14.5. The quantitative estimate of drug-likeness (QED) is 0.162. The lowest BCUT2D eigenvalue weighted by Gasteiger charge is -2.26. The van der Waals surface area contributed by atoms with E-state index in [1.807, 2.05) is 17.4 Å². The third-order valence-electron chi connectivity index (χ3n) is 11.1. The predicted molar refractivity (Wildman–Crippen MR) is 243 cm³/mol. The van der Waals surface area contributed by atoms with Crippen LogP contribution >= 0.6 is 11.3 Å². The average Bonchev–Trinajstić information content (AvgIpc) is 3.87. The number of furan rings is 1. The second kappa shape index (κ2) is 13.8. The Bertz CT molecular complexity index is 3180. The van der Waals surface area contributed by atoms with Gasteiger partial charge in [-0.2, -0.15) is 0 Å². The van der Waals surface area contributed by atoms with Crippen LogP contribution in [0.25, 0.3) is 86.6 Å². The van der Waals surface area contributed by atoms with Gasteiger partial charge in [0, 0.05) is 53.6 Å². The fraction of sp³-hybridized carbons (Fsp3) is 0. The highest BCUT2D eigenvalue weighted by molar-refractivity contribution is 7.26. The Morgan fingerprint density at radius 1 is 0.351 bits per heavy atom. The molecule has 0 amide bonds. The van der Waals surface area contributed by atoms with Crippen molar-refractivity contribution in [2.75, 3.05) is 4.90 Å². The normalized spacial score (nSPS) is 11.5. The number of thiophene rings is 1. The van der Waals surface area contributed by atoms with E-state index in [9.17, 15) is 0 Å². The Morgan fingerprint density at radius 3 is 1.32 bits per heavy atom. The van der Waals surface area contributed by atoms with Crippen molar-refractivity contribution in [2.45, 2.75) is 0 Å². The summed E-state index contributed by atoms with van der Waals surface area (Å²) < 4.78 is 9.08. The van der Waals surface area contributed by atoms with E-state index in [-0.39, 0.29) is 0 Å². The SMILES string of the molecule is c1ccc(-c2ccc(-c3ccc(N(c4ccc(-c5ccccc5)cc4)c4ccc(-c5cc6c7ccccc7oc6c6c5sc5ccccc56)cc4)cc3)cc2)cc1. The fourth-order valence-electron chi connectivity index (χ4n) is 8.24. The molecule has 0 atom stereocenters. The first-order valence-corrected chi connectivity index (χ1v) is 20.1. The van der Waals surface area contributed by atoms with Crippen molar-refractivity contribution in [1.82, 2.24) is 0 Å². The van der Waals surface area contributed by atoms with Crippen molar-refractivity contribution in [3.8, 4) is 44.5 Å². The van der Waals surface area contributed by atoms with Crippen molar-refractivity contribution in [3.63, 3.8) is 0 Å². The number of rotatable bonds is 7. The lowest BCUT2D eigenvalue weighted by molar-refractivity contribution is 0.673. The van der Waals surface area contributed by atoms with Gasteiger partial charge in [0.05, 0.1) is 0 Å². The summed E-state index contributed by atoms with van der Waals surface area (Å²) in [6, 6.07) is 76.2. The molecule has 268 valence electrons. The highest BCUT2D eigenvalue weighted by Gasteiger charge is 2.20. The molecule has 0 bridgehead atoms. The van der Waals surface area contributed by atoms with E-state index in [1.54, 1.807) is 0 Å². The monoisotopic (exact) mass is 745 g/mol. The number of hydrogen-bond donors (Lipinski definition) is 0. The number of fused-ring (bicyclic) bond motifs is 7. The molecule has 0 fully saturated rings. The summed E-state index contributed by atoms with van der Waals surface area (Å²) in [5.41, 5.74) is 14.8. The number of nitrogens with zero attached hydrogens (tertiary/aromatic N) is 1. The maximum atomic E-state index is 6.57. The van der Waals surface area contributed by atoms with Gasteiger partial charge in [0.15, 0.2) is 0 Å². The first kappa shape index (κ1) is 33.2. The van der Waals surface area contributed by atoms with Gasteiger partial charge in [-0.1, -0.05) is 158 Å². The van der Waals surface area contributed by atoms with Crippen molar-refractivity contribution in [1.29, 1.82) is 0 Å². The lowest BCUT2D eigenvalue weighted by atomic mass is 9.98. The van der Waals surface area contributed by atoms with Gasteiger partial charge >= 0.3 is 0 Å². The van der Waals surface area contributed by atoms with E-state index in [2.05, 4.69) is 211 Å². The number of benzene rings is 9. The van der Waals surface area contributed by atoms with Gasteiger partial charge in [-0.25, -0.2) is 0 Å². The highest BCUT2D eigenvalue weighted by atomic mass is 32.1. The predicted octanol–water partition coefficient (Wildman–Crippen LogP) is 16.1. The van der Waals surface area contributed by atoms with E-state index in [0.29, 0.717) is 0 Å². The van der Waals surface area contributed by atoms with Crippen LogP contribution in [0, 0.1) is 0 Å². The highest BCUT2D eigenvalue weighted by Crippen LogP contribution is 2.47. The summed E-state index contributed by atoms with van der Waals surface area (Å²) in [4.78, 5) is 2.35. The molecule has 0 unspecified atom stereocenters.